The van der Waals surface area contributed by atoms with Crippen molar-refractivity contribution in [2.24, 2.45) is 5.92 Å². The first-order chi connectivity index (χ1) is 12.4. The maximum Gasteiger partial charge on any atom is 0.261 e. The number of fused-ring (bicyclic) bond motifs is 3. The van der Waals surface area contributed by atoms with Gasteiger partial charge >= 0.3 is 0 Å². The molecule has 1 aliphatic carbocycles. The largest absolute Gasteiger partial charge is 0.346 e. The summed E-state index contributed by atoms with van der Waals surface area (Å²) in [6, 6.07) is 7.20. The molecule has 2 aromatic rings. The molecule has 4 aliphatic rings. The number of hydrogen-bond donors (Lipinski definition) is 1. The molecule has 1 amide bonds. The number of piperidine rings is 3. The van der Waals surface area contributed by atoms with E-state index < -0.39 is 9.84 Å². The van der Waals surface area contributed by atoms with Crippen molar-refractivity contribution < 1.29 is 13.2 Å². The van der Waals surface area contributed by atoms with Gasteiger partial charge in [0.05, 0.1) is 15.8 Å². The molecule has 1 atom stereocenters. The van der Waals surface area contributed by atoms with E-state index in [1.807, 2.05) is 6.07 Å². The van der Waals surface area contributed by atoms with Gasteiger partial charge < -0.3 is 5.32 Å². The van der Waals surface area contributed by atoms with Gasteiger partial charge in [-0.05, 0) is 68.3 Å². The molecule has 5 nitrogen and oxygen atoms in total. The Bertz CT molecular complexity index is 999. The number of rotatable bonds is 3. The second-order valence-electron chi connectivity index (χ2n) is 7.96. The second kappa shape index (κ2) is 5.53. The second-order valence-corrected chi connectivity index (χ2v) is 11.1. The van der Waals surface area contributed by atoms with Crippen molar-refractivity contribution in [3.8, 4) is 0 Å². The molecule has 6 rings (SSSR count). The summed E-state index contributed by atoms with van der Waals surface area (Å²) in [5, 5.41) is 4.26. The number of sulfone groups is 1. The maximum atomic E-state index is 12.9. The first kappa shape index (κ1) is 16.7. The molecule has 0 unspecified atom stereocenters. The molecular weight excluding hydrogens is 368 g/mol. The summed E-state index contributed by atoms with van der Waals surface area (Å²) in [4.78, 5) is 16.5. The van der Waals surface area contributed by atoms with Gasteiger partial charge in [-0.15, -0.1) is 11.3 Å². The molecule has 3 saturated heterocycles. The quantitative estimate of drug-likeness (QED) is 0.875. The van der Waals surface area contributed by atoms with Crippen LogP contribution in [0.2, 0.25) is 0 Å². The number of benzene rings is 1. The molecule has 3 aliphatic heterocycles. The van der Waals surface area contributed by atoms with Crippen LogP contribution in [-0.4, -0.2) is 50.2 Å². The van der Waals surface area contributed by atoms with Crippen LogP contribution in [0.1, 0.15) is 35.4 Å². The topological polar surface area (TPSA) is 66.5 Å². The van der Waals surface area contributed by atoms with E-state index in [-0.39, 0.29) is 17.5 Å². The van der Waals surface area contributed by atoms with E-state index in [1.165, 1.54) is 56.4 Å². The highest BCUT2D eigenvalue weighted by molar-refractivity contribution is 7.90. The van der Waals surface area contributed by atoms with Gasteiger partial charge in [-0.25, -0.2) is 8.42 Å². The van der Waals surface area contributed by atoms with E-state index in [0.29, 0.717) is 15.7 Å². The van der Waals surface area contributed by atoms with Crippen molar-refractivity contribution in [2.75, 3.05) is 19.3 Å². The van der Waals surface area contributed by atoms with Crippen molar-refractivity contribution in [1.29, 1.82) is 0 Å². The molecule has 1 aromatic carbocycles. The zero-order chi connectivity index (χ0) is 18.1. The zero-order valence-corrected chi connectivity index (χ0v) is 16.3. The monoisotopic (exact) mass is 390 g/mol. The van der Waals surface area contributed by atoms with Gasteiger partial charge in [0.15, 0.2) is 9.84 Å². The minimum atomic E-state index is -3.24. The van der Waals surface area contributed by atoms with Gasteiger partial charge in [0.1, 0.15) is 0 Å². The number of nitrogens with zero attached hydrogens (tertiary/aromatic N) is 1. The van der Waals surface area contributed by atoms with Crippen LogP contribution < -0.4 is 5.32 Å². The third kappa shape index (κ3) is 2.52. The third-order valence-corrected chi connectivity index (χ3v) is 8.62. The lowest BCUT2D eigenvalue weighted by Gasteiger charge is -2.52. The molecule has 0 radical (unpaired) electrons. The molecule has 4 heterocycles. The average Bonchev–Trinajstić information content (AvgIpc) is 3.26. The Morgan fingerprint density at radius 2 is 1.96 bits per heavy atom. The van der Waals surface area contributed by atoms with E-state index in [9.17, 15) is 13.2 Å². The van der Waals surface area contributed by atoms with E-state index >= 15 is 0 Å². The zero-order valence-electron chi connectivity index (χ0n) is 14.7. The Balaban J connectivity index is 1.42. The van der Waals surface area contributed by atoms with Crippen LogP contribution in [0.5, 0.6) is 0 Å². The van der Waals surface area contributed by atoms with Crippen LogP contribution in [-0.2, 0) is 9.84 Å². The molecule has 1 aromatic heterocycles. The summed E-state index contributed by atoms with van der Waals surface area (Å²) in [5.74, 6) is 0.579. The fourth-order valence-corrected chi connectivity index (χ4v) is 6.61. The Hall–Kier alpha value is -1.44. The molecule has 26 heavy (non-hydrogen) atoms. The Kier molecular flexibility index (Phi) is 3.56. The van der Waals surface area contributed by atoms with Crippen LogP contribution in [0.25, 0.3) is 10.1 Å². The van der Waals surface area contributed by atoms with Gasteiger partial charge in [-0.2, -0.15) is 0 Å². The van der Waals surface area contributed by atoms with Crippen molar-refractivity contribution in [2.45, 2.75) is 42.2 Å². The lowest BCUT2D eigenvalue weighted by molar-refractivity contribution is -0.00138. The lowest BCUT2D eigenvalue weighted by Crippen LogP contribution is -2.65. The summed E-state index contributed by atoms with van der Waals surface area (Å²) in [7, 11) is -3.24. The number of carbonyl (C=O) groups excluding carboxylic acids is 1. The van der Waals surface area contributed by atoms with Crippen molar-refractivity contribution in [1.82, 2.24) is 10.2 Å². The van der Waals surface area contributed by atoms with E-state index in [0.717, 1.165) is 10.1 Å². The minimum absolute atomic E-state index is 0.0165. The Labute approximate surface area is 157 Å². The molecule has 1 N–H and O–H groups in total. The normalized spacial score (nSPS) is 29.2. The fourth-order valence-electron chi connectivity index (χ4n) is 4.89. The van der Waals surface area contributed by atoms with Crippen molar-refractivity contribution in [3.05, 3.63) is 29.1 Å². The number of thiophene rings is 1. The van der Waals surface area contributed by atoms with Crippen LogP contribution >= 0.6 is 11.3 Å². The Morgan fingerprint density at radius 1 is 1.23 bits per heavy atom. The van der Waals surface area contributed by atoms with Gasteiger partial charge in [0.2, 0.25) is 0 Å². The highest BCUT2D eigenvalue weighted by Gasteiger charge is 2.60. The molecule has 7 heteroatoms. The number of hydrogen-bond acceptors (Lipinski definition) is 5. The smallest absolute Gasteiger partial charge is 0.261 e. The van der Waals surface area contributed by atoms with Gasteiger partial charge in [-0.1, -0.05) is 6.07 Å². The average molecular weight is 391 g/mol. The summed E-state index contributed by atoms with van der Waals surface area (Å²) < 4.78 is 24.3. The summed E-state index contributed by atoms with van der Waals surface area (Å²) in [6.07, 6.45) is 5.95. The SMILES string of the molecule is CS(=O)(=O)c1ccc2cc(C(=O)N[C@H]3C4CCN(CC4)C34CC4)sc2c1. The minimum Gasteiger partial charge on any atom is -0.346 e. The molecule has 1 spiro atoms. The van der Waals surface area contributed by atoms with Gasteiger partial charge in [-0.3, -0.25) is 9.69 Å². The maximum absolute atomic E-state index is 12.9. The lowest BCUT2D eigenvalue weighted by atomic mass is 9.77. The van der Waals surface area contributed by atoms with Crippen LogP contribution in [0.4, 0.5) is 0 Å². The van der Waals surface area contributed by atoms with E-state index in [2.05, 4.69) is 10.2 Å². The third-order valence-electron chi connectivity index (χ3n) is 6.41. The fraction of sp³-hybridized carbons (Fsp3) is 0.526. The van der Waals surface area contributed by atoms with Crippen LogP contribution in [0.3, 0.4) is 0 Å². The van der Waals surface area contributed by atoms with Crippen molar-refractivity contribution in [3.63, 3.8) is 0 Å². The van der Waals surface area contributed by atoms with E-state index in [1.54, 1.807) is 18.2 Å². The Morgan fingerprint density at radius 3 is 2.62 bits per heavy atom. The molecule has 138 valence electrons. The van der Waals surface area contributed by atoms with Gasteiger partial charge in [0.25, 0.3) is 5.91 Å². The first-order valence-corrected chi connectivity index (χ1v) is 11.9. The van der Waals surface area contributed by atoms with Gasteiger partial charge in [0, 0.05) is 16.5 Å². The predicted octanol–water partition coefficient (Wildman–Crippen LogP) is 2.66. The molecule has 1 saturated carbocycles. The summed E-state index contributed by atoms with van der Waals surface area (Å²) in [5.41, 5.74) is 0.219. The van der Waals surface area contributed by atoms with E-state index in [4.69, 9.17) is 0 Å². The van der Waals surface area contributed by atoms with Crippen molar-refractivity contribution >= 4 is 37.2 Å². The standard InChI is InChI=1S/C19H22N2O3S2/c1-26(23,24)14-3-2-13-10-16(25-15(13)11-14)18(22)20-17-12-4-8-21(9-5-12)19(17)6-7-19/h2-3,10-12,17H,4-9H2,1H3,(H,20,22)/t17-/m0/s1. The highest BCUT2D eigenvalue weighted by Crippen LogP contribution is 2.53. The van der Waals surface area contributed by atoms with Crippen LogP contribution in [0.15, 0.2) is 29.2 Å². The number of nitrogens with one attached hydrogen (secondary N) is 1. The number of carbonyl (C=O) groups is 1. The highest BCUT2D eigenvalue weighted by atomic mass is 32.2. The predicted molar refractivity (Wildman–Crippen MR) is 102 cm³/mol. The molecule has 4 fully saturated rings. The summed E-state index contributed by atoms with van der Waals surface area (Å²) >= 11 is 1.37. The molecule has 2 bridgehead atoms. The number of amides is 1. The van der Waals surface area contributed by atoms with Crippen LogP contribution in [0, 0.1) is 5.92 Å². The molecular formula is C19H22N2O3S2. The summed E-state index contributed by atoms with van der Waals surface area (Å²) in [6.45, 7) is 2.35. The first-order valence-electron chi connectivity index (χ1n) is 9.16.